The Morgan fingerprint density at radius 2 is 2.40 bits per heavy atom. The molecule has 0 bridgehead atoms. The number of fused-ring (bicyclic) bond motifs is 1. The molecule has 0 radical (unpaired) electrons. The minimum absolute atomic E-state index is 0.0696. The van der Waals surface area contributed by atoms with Crippen molar-refractivity contribution in [2.75, 3.05) is 7.11 Å². The Hall–Kier alpha value is -1.63. The Morgan fingerprint density at radius 3 is 3.00 bits per heavy atom. The van der Waals surface area contributed by atoms with E-state index in [1.807, 2.05) is 0 Å². The fraction of sp³-hybridized carbons (Fsp3) is 0.125. The molecule has 7 heteroatoms. The van der Waals surface area contributed by atoms with Gasteiger partial charge in [-0.2, -0.15) is 4.98 Å². The van der Waals surface area contributed by atoms with Crippen LogP contribution >= 0.6 is 15.9 Å². The molecule has 78 valence electrons. The molecule has 0 aromatic carbocycles. The fourth-order valence-corrected chi connectivity index (χ4v) is 1.60. The van der Waals surface area contributed by atoms with Gasteiger partial charge in [0.1, 0.15) is 5.56 Å². The van der Waals surface area contributed by atoms with Gasteiger partial charge in [-0.1, -0.05) is 0 Å². The summed E-state index contributed by atoms with van der Waals surface area (Å²) in [5.74, 6) is -1.06. The Bertz CT molecular complexity index is 537. The van der Waals surface area contributed by atoms with E-state index >= 15 is 0 Å². The monoisotopic (exact) mass is 271 g/mol. The molecule has 0 saturated heterocycles. The molecule has 0 aliphatic carbocycles. The van der Waals surface area contributed by atoms with Gasteiger partial charge in [0.2, 0.25) is 0 Å². The summed E-state index contributed by atoms with van der Waals surface area (Å²) in [4.78, 5) is 14.8. The van der Waals surface area contributed by atoms with E-state index in [-0.39, 0.29) is 17.2 Å². The predicted octanol–water partition coefficient (Wildman–Crippen LogP) is 1.20. The van der Waals surface area contributed by atoms with Gasteiger partial charge in [-0.15, -0.1) is 5.10 Å². The van der Waals surface area contributed by atoms with Crippen molar-refractivity contribution >= 4 is 27.5 Å². The minimum atomic E-state index is -1.06. The molecule has 2 aromatic heterocycles. The number of methoxy groups -OCH3 is 1. The lowest BCUT2D eigenvalue weighted by molar-refractivity contribution is 0.0698. The number of rotatable bonds is 2. The molecule has 6 nitrogen and oxygen atoms in total. The average molecular weight is 272 g/mol. The van der Waals surface area contributed by atoms with Gasteiger partial charge in [-0.3, -0.25) is 0 Å². The van der Waals surface area contributed by atoms with Crippen molar-refractivity contribution in [2.24, 2.45) is 0 Å². The van der Waals surface area contributed by atoms with Crippen LogP contribution in [0.2, 0.25) is 0 Å². The Kier molecular flexibility index (Phi) is 2.31. The molecule has 1 N–H and O–H groups in total. The number of pyridine rings is 1. The van der Waals surface area contributed by atoms with Crippen LogP contribution in [-0.2, 0) is 0 Å². The molecule has 0 unspecified atom stereocenters. The zero-order valence-electron chi connectivity index (χ0n) is 7.64. The highest BCUT2D eigenvalue weighted by molar-refractivity contribution is 9.10. The summed E-state index contributed by atoms with van der Waals surface area (Å²) in [5.41, 5.74) is 0.322. The summed E-state index contributed by atoms with van der Waals surface area (Å²) in [7, 11) is 1.42. The zero-order valence-corrected chi connectivity index (χ0v) is 9.22. The average Bonchev–Trinajstić information content (AvgIpc) is 2.58. The van der Waals surface area contributed by atoms with Crippen molar-refractivity contribution in [3.63, 3.8) is 0 Å². The van der Waals surface area contributed by atoms with Crippen LogP contribution in [0.1, 0.15) is 10.4 Å². The van der Waals surface area contributed by atoms with Gasteiger partial charge < -0.3 is 9.84 Å². The first-order chi connectivity index (χ1) is 7.11. The van der Waals surface area contributed by atoms with Crippen LogP contribution in [0.25, 0.3) is 5.65 Å². The van der Waals surface area contributed by atoms with Crippen LogP contribution in [0.5, 0.6) is 6.01 Å². The molecule has 0 atom stereocenters. The third-order valence-corrected chi connectivity index (χ3v) is 2.23. The van der Waals surface area contributed by atoms with Crippen molar-refractivity contribution in [3.8, 4) is 6.01 Å². The third-order valence-electron chi connectivity index (χ3n) is 1.79. The van der Waals surface area contributed by atoms with Gasteiger partial charge in [0.05, 0.1) is 7.11 Å². The first kappa shape index (κ1) is 9.91. The zero-order chi connectivity index (χ0) is 11.0. The molecule has 0 saturated carbocycles. The lowest BCUT2D eigenvalue weighted by atomic mass is 10.3. The third kappa shape index (κ3) is 1.65. The van der Waals surface area contributed by atoms with E-state index in [0.29, 0.717) is 4.47 Å². The molecule has 0 aliphatic rings. The second kappa shape index (κ2) is 3.50. The van der Waals surface area contributed by atoms with E-state index in [2.05, 4.69) is 26.0 Å². The van der Waals surface area contributed by atoms with Crippen LogP contribution in [-0.4, -0.2) is 32.8 Å². The summed E-state index contributed by atoms with van der Waals surface area (Å²) in [5, 5.41) is 12.9. The second-order valence-electron chi connectivity index (χ2n) is 2.74. The quantitative estimate of drug-likeness (QED) is 0.888. The standard InChI is InChI=1S/C8H6BrN3O3/c1-15-8-10-6-5(7(13)14)2-4(9)3-12(6)11-8/h2-3H,1H3,(H,13,14). The highest BCUT2D eigenvalue weighted by Gasteiger charge is 2.14. The van der Waals surface area contributed by atoms with Gasteiger partial charge >= 0.3 is 12.0 Å². The number of hydrogen-bond acceptors (Lipinski definition) is 4. The molecular formula is C8H6BrN3O3. The lowest BCUT2D eigenvalue weighted by Gasteiger charge is -1.97. The van der Waals surface area contributed by atoms with Gasteiger partial charge in [-0.05, 0) is 22.0 Å². The van der Waals surface area contributed by atoms with Crippen LogP contribution in [0, 0.1) is 0 Å². The van der Waals surface area contributed by atoms with Crippen LogP contribution in [0.3, 0.4) is 0 Å². The van der Waals surface area contributed by atoms with Crippen molar-refractivity contribution in [1.29, 1.82) is 0 Å². The van der Waals surface area contributed by atoms with E-state index < -0.39 is 5.97 Å². The molecule has 2 rings (SSSR count). The number of aromatic nitrogens is 3. The van der Waals surface area contributed by atoms with Gasteiger partial charge in [0.15, 0.2) is 5.65 Å². The van der Waals surface area contributed by atoms with E-state index in [9.17, 15) is 4.79 Å². The van der Waals surface area contributed by atoms with Crippen molar-refractivity contribution < 1.29 is 14.6 Å². The second-order valence-corrected chi connectivity index (χ2v) is 3.66. The van der Waals surface area contributed by atoms with Gasteiger partial charge in [0, 0.05) is 10.7 Å². The number of halogens is 1. The summed E-state index contributed by atoms with van der Waals surface area (Å²) in [6.07, 6.45) is 1.61. The summed E-state index contributed by atoms with van der Waals surface area (Å²) < 4.78 is 6.79. The first-order valence-corrected chi connectivity index (χ1v) is 4.74. The fourth-order valence-electron chi connectivity index (χ4n) is 1.18. The SMILES string of the molecule is COc1nc2c(C(=O)O)cc(Br)cn2n1. The summed E-state index contributed by atoms with van der Waals surface area (Å²) in [6.45, 7) is 0. The number of carbonyl (C=O) groups is 1. The maximum absolute atomic E-state index is 10.9. The predicted molar refractivity (Wildman–Crippen MR) is 54.2 cm³/mol. The summed E-state index contributed by atoms with van der Waals surface area (Å²) >= 11 is 3.19. The lowest BCUT2D eigenvalue weighted by Crippen LogP contribution is -2.01. The van der Waals surface area contributed by atoms with E-state index in [0.717, 1.165) is 0 Å². The number of aromatic carboxylic acids is 1. The van der Waals surface area contributed by atoms with Crippen LogP contribution in [0.15, 0.2) is 16.7 Å². The van der Waals surface area contributed by atoms with Gasteiger partial charge in [0.25, 0.3) is 0 Å². The first-order valence-electron chi connectivity index (χ1n) is 3.95. The Labute approximate surface area is 92.6 Å². The smallest absolute Gasteiger partial charge is 0.339 e. The molecule has 0 amide bonds. The Balaban J connectivity index is 2.77. The van der Waals surface area contributed by atoms with Crippen molar-refractivity contribution in [3.05, 3.63) is 22.3 Å². The van der Waals surface area contributed by atoms with E-state index in [1.54, 1.807) is 6.20 Å². The molecule has 0 fully saturated rings. The van der Waals surface area contributed by atoms with Gasteiger partial charge in [-0.25, -0.2) is 9.31 Å². The summed E-state index contributed by atoms with van der Waals surface area (Å²) in [6, 6.07) is 1.60. The van der Waals surface area contributed by atoms with Crippen LogP contribution in [0.4, 0.5) is 0 Å². The highest BCUT2D eigenvalue weighted by atomic mass is 79.9. The van der Waals surface area contributed by atoms with E-state index in [4.69, 9.17) is 9.84 Å². The number of hydrogen-bond donors (Lipinski definition) is 1. The maximum Gasteiger partial charge on any atom is 0.339 e. The number of nitrogens with zero attached hydrogens (tertiary/aromatic N) is 3. The largest absolute Gasteiger partial charge is 0.478 e. The van der Waals surface area contributed by atoms with Crippen molar-refractivity contribution in [2.45, 2.75) is 0 Å². The van der Waals surface area contributed by atoms with Crippen molar-refractivity contribution in [1.82, 2.24) is 14.6 Å². The number of carboxylic acids is 1. The molecule has 2 heterocycles. The normalized spacial score (nSPS) is 10.5. The molecule has 0 spiro atoms. The highest BCUT2D eigenvalue weighted by Crippen LogP contribution is 2.18. The molecule has 15 heavy (non-hydrogen) atoms. The molecule has 2 aromatic rings. The maximum atomic E-state index is 10.9. The number of carboxylic acid groups (broad SMARTS) is 1. The van der Waals surface area contributed by atoms with Crippen LogP contribution < -0.4 is 4.74 Å². The molecule has 0 aliphatic heterocycles. The minimum Gasteiger partial charge on any atom is -0.478 e. The topological polar surface area (TPSA) is 76.7 Å². The number of ether oxygens (including phenoxy) is 1. The van der Waals surface area contributed by atoms with E-state index in [1.165, 1.54) is 17.7 Å². The Morgan fingerprint density at radius 1 is 1.67 bits per heavy atom. The molecular weight excluding hydrogens is 266 g/mol.